The lowest BCUT2D eigenvalue weighted by atomic mass is 10.1. The molecule has 1 saturated heterocycles. The van der Waals surface area contributed by atoms with Crippen molar-refractivity contribution in [2.45, 2.75) is 39.3 Å². The minimum Gasteiger partial charge on any atom is -0.381 e. The largest absolute Gasteiger partial charge is 0.381 e. The molecule has 1 heterocycles. The molecule has 1 unspecified atom stereocenters. The normalized spacial score (nSPS) is 19.9. The lowest BCUT2D eigenvalue weighted by molar-refractivity contribution is 0.1000. The predicted octanol–water partition coefficient (Wildman–Crippen LogP) is 1.99. The second-order valence-electron chi connectivity index (χ2n) is 5.56. The molecule has 1 fully saturated rings. The van der Waals surface area contributed by atoms with Gasteiger partial charge >= 0.3 is 0 Å². The van der Waals surface area contributed by atoms with Crippen LogP contribution in [-0.2, 0) is 0 Å². The van der Waals surface area contributed by atoms with Crippen LogP contribution in [0.5, 0.6) is 0 Å². The second kappa shape index (κ2) is 5.61. The molecular formula is C15H23N3O. The molecule has 0 saturated carbocycles. The van der Waals surface area contributed by atoms with E-state index >= 15 is 0 Å². The number of anilines is 1. The number of hydrogen-bond acceptors (Lipinski definition) is 3. The molecule has 4 heteroatoms. The number of carbonyl (C=O) groups excluding carboxylic acids is 1. The monoisotopic (exact) mass is 261 g/mol. The Morgan fingerprint density at radius 2 is 2.21 bits per heavy atom. The zero-order valence-corrected chi connectivity index (χ0v) is 11.9. The molecule has 1 aromatic rings. The van der Waals surface area contributed by atoms with Crippen LogP contribution in [0.25, 0.3) is 0 Å². The fourth-order valence-electron chi connectivity index (χ4n) is 2.65. The number of rotatable bonds is 4. The van der Waals surface area contributed by atoms with Crippen molar-refractivity contribution >= 4 is 11.6 Å². The van der Waals surface area contributed by atoms with E-state index in [2.05, 4.69) is 24.1 Å². The van der Waals surface area contributed by atoms with Crippen LogP contribution in [0.1, 0.15) is 36.2 Å². The average Bonchev–Trinajstić information content (AvgIpc) is 2.80. The third kappa shape index (κ3) is 3.07. The van der Waals surface area contributed by atoms with Gasteiger partial charge in [0.15, 0.2) is 0 Å². The number of nitrogens with zero attached hydrogens (tertiary/aromatic N) is 1. The first kappa shape index (κ1) is 13.9. The third-order valence-electron chi connectivity index (χ3n) is 3.91. The zero-order chi connectivity index (χ0) is 14.0. The number of amides is 1. The molecule has 1 atom stereocenters. The van der Waals surface area contributed by atoms with Gasteiger partial charge in [-0.25, -0.2) is 0 Å². The molecule has 1 amide bonds. The highest BCUT2D eigenvalue weighted by atomic mass is 16.1. The smallest absolute Gasteiger partial charge is 0.249 e. The molecule has 1 aromatic carbocycles. The number of carbonyl (C=O) groups is 1. The van der Waals surface area contributed by atoms with Crippen molar-refractivity contribution in [2.24, 2.45) is 5.73 Å². The van der Waals surface area contributed by atoms with E-state index in [9.17, 15) is 4.79 Å². The maximum absolute atomic E-state index is 11.3. The van der Waals surface area contributed by atoms with E-state index < -0.39 is 0 Å². The summed E-state index contributed by atoms with van der Waals surface area (Å²) in [6, 6.07) is 6.71. The molecule has 0 bridgehead atoms. The Morgan fingerprint density at radius 3 is 2.79 bits per heavy atom. The number of benzene rings is 1. The highest BCUT2D eigenvalue weighted by Gasteiger charge is 2.24. The molecule has 1 aliphatic heterocycles. The molecule has 0 aliphatic carbocycles. The zero-order valence-electron chi connectivity index (χ0n) is 11.9. The maximum Gasteiger partial charge on any atom is 0.249 e. The highest BCUT2D eigenvalue weighted by Crippen LogP contribution is 2.22. The molecular weight excluding hydrogens is 238 g/mol. The molecule has 104 valence electrons. The first-order valence-electron chi connectivity index (χ1n) is 6.89. The minimum absolute atomic E-state index is 0.364. The van der Waals surface area contributed by atoms with Crippen molar-refractivity contribution in [3.05, 3.63) is 29.3 Å². The van der Waals surface area contributed by atoms with Gasteiger partial charge < -0.3 is 11.1 Å². The van der Waals surface area contributed by atoms with Crippen LogP contribution < -0.4 is 11.1 Å². The van der Waals surface area contributed by atoms with Gasteiger partial charge in [-0.1, -0.05) is 6.07 Å². The van der Waals surface area contributed by atoms with Crippen LogP contribution in [0.4, 0.5) is 5.69 Å². The first-order chi connectivity index (χ1) is 8.99. The summed E-state index contributed by atoms with van der Waals surface area (Å²) < 4.78 is 0. The van der Waals surface area contributed by atoms with Gasteiger partial charge in [0.25, 0.3) is 0 Å². The maximum atomic E-state index is 11.3. The minimum atomic E-state index is -0.364. The van der Waals surface area contributed by atoms with Crippen LogP contribution in [0, 0.1) is 6.92 Å². The number of primary amides is 1. The summed E-state index contributed by atoms with van der Waals surface area (Å²) in [5.74, 6) is -0.364. The molecule has 4 nitrogen and oxygen atoms in total. The van der Waals surface area contributed by atoms with Gasteiger partial charge in [0.05, 0.1) is 0 Å². The quantitative estimate of drug-likeness (QED) is 0.871. The van der Waals surface area contributed by atoms with E-state index in [-0.39, 0.29) is 5.91 Å². The summed E-state index contributed by atoms with van der Waals surface area (Å²) in [6.07, 6.45) is 1.14. The van der Waals surface area contributed by atoms with Gasteiger partial charge in [0, 0.05) is 36.4 Å². The van der Waals surface area contributed by atoms with E-state index in [0.717, 1.165) is 30.8 Å². The fourth-order valence-corrected chi connectivity index (χ4v) is 2.65. The van der Waals surface area contributed by atoms with Gasteiger partial charge in [-0.05, 0) is 44.9 Å². The molecule has 1 aliphatic rings. The van der Waals surface area contributed by atoms with Gasteiger partial charge in [0.1, 0.15) is 0 Å². The SMILES string of the molecule is Cc1c(NC2CCN(C(C)C)C2)cccc1C(N)=O. The third-order valence-corrected chi connectivity index (χ3v) is 3.91. The predicted molar refractivity (Wildman–Crippen MR) is 78.4 cm³/mol. The van der Waals surface area contributed by atoms with Crippen LogP contribution in [-0.4, -0.2) is 36.0 Å². The summed E-state index contributed by atoms with van der Waals surface area (Å²) in [4.78, 5) is 13.8. The van der Waals surface area contributed by atoms with Crippen LogP contribution in [0.3, 0.4) is 0 Å². The van der Waals surface area contributed by atoms with E-state index in [0.29, 0.717) is 17.6 Å². The summed E-state index contributed by atoms with van der Waals surface area (Å²) in [7, 11) is 0. The van der Waals surface area contributed by atoms with Crippen molar-refractivity contribution < 1.29 is 4.79 Å². The molecule has 3 N–H and O–H groups in total. The molecule has 0 spiro atoms. The van der Waals surface area contributed by atoms with Crippen molar-refractivity contribution in [2.75, 3.05) is 18.4 Å². The van der Waals surface area contributed by atoms with Crippen molar-refractivity contribution in [1.29, 1.82) is 0 Å². The Labute approximate surface area is 115 Å². The Kier molecular flexibility index (Phi) is 4.10. The van der Waals surface area contributed by atoms with E-state index in [4.69, 9.17) is 5.73 Å². The standard InChI is InChI=1S/C15H23N3O/c1-10(2)18-8-7-12(9-18)17-14-6-4-5-13(11(14)3)15(16)19/h4-6,10,12,17H,7-9H2,1-3H3,(H2,16,19). The Hall–Kier alpha value is -1.55. The highest BCUT2D eigenvalue weighted by molar-refractivity contribution is 5.95. The summed E-state index contributed by atoms with van der Waals surface area (Å²) in [5.41, 5.74) is 7.94. The Balaban J connectivity index is 2.08. The second-order valence-corrected chi connectivity index (χ2v) is 5.56. The Morgan fingerprint density at radius 1 is 1.47 bits per heavy atom. The van der Waals surface area contributed by atoms with Crippen molar-refractivity contribution in [3.63, 3.8) is 0 Å². The first-order valence-corrected chi connectivity index (χ1v) is 6.89. The number of nitrogens with two attached hydrogens (primary N) is 1. The molecule has 2 rings (SSSR count). The molecule has 19 heavy (non-hydrogen) atoms. The van der Waals surface area contributed by atoms with E-state index in [1.807, 2.05) is 19.1 Å². The summed E-state index contributed by atoms with van der Waals surface area (Å²) >= 11 is 0. The molecule has 0 aromatic heterocycles. The Bertz CT molecular complexity index is 470. The van der Waals surface area contributed by atoms with Gasteiger partial charge in [-0.3, -0.25) is 9.69 Å². The molecule has 0 radical (unpaired) electrons. The topological polar surface area (TPSA) is 58.4 Å². The van der Waals surface area contributed by atoms with E-state index in [1.54, 1.807) is 6.07 Å². The van der Waals surface area contributed by atoms with Crippen LogP contribution >= 0.6 is 0 Å². The van der Waals surface area contributed by atoms with Gasteiger partial charge in [-0.15, -0.1) is 0 Å². The summed E-state index contributed by atoms with van der Waals surface area (Å²) in [6.45, 7) is 8.57. The van der Waals surface area contributed by atoms with Crippen LogP contribution in [0.2, 0.25) is 0 Å². The van der Waals surface area contributed by atoms with Gasteiger partial charge in [-0.2, -0.15) is 0 Å². The number of nitrogens with one attached hydrogen (secondary N) is 1. The van der Waals surface area contributed by atoms with Crippen molar-refractivity contribution in [1.82, 2.24) is 4.90 Å². The fraction of sp³-hybridized carbons (Fsp3) is 0.533. The van der Waals surface area contributed by atoms with Crippen molar-refractivity contribution in [3.8, 4) is 0 Å². The summed E-state index contributed by atoms with van der Waals surface area (Å²) in [5, 5.41) is 3.54. The lowest BCUT2D eigenvalue weighted by Gasteiger charge is -2.21. The lowest BCUT2D eigenvalue weighted by Crippen LogP contribution is -2.31. The van der Waals surface area contributed by atoms with Crippen LogP contribution in [0.15, 0.2) is 18.2 Å². The number of hydrogen-bond donors (Lipinski definition) is 2. The number of likely N-dealkylation sites (tertiary alicyclic amines) is 1. The average molecular weight is 261 g/mol. The van der Waals surface area contributed by atoms with E-state index in [1.165, 1.54) is 0 Å². The van der Waals surface area contributed by atoms with Gasteiger partial charge in [0.2, 0.25) is 5.91 Å².